The van der Waals surface area contributed by atoms with Crippen LogP contribution in [0.2, 0.25) is 0 Å². The van der Waals surface area contributed by atoms with Gasteiger partial charge in [-0.15, -0.1) is 0 Å². The molecule has 5 rings (SSSR count). The van der Waals surface area contributed by atoms with Gasteiger partial charge in [-0.05, 0) is 49.1 Å². The lowest BCUT2D eigenvalue weighted by molar-refractivity contribution is 0.289. The molecule has 1 aromatic heterocycles. The van der Waals surface area contributed by atoms with E-state index in [1.165, 1.54) is 0 Å². The molecule has 0 spiro atoms. The van der Waals surface area contributed by atoms with Crippen molar-refractivity contribution in [2.24, 2.45) is 0 Å². The summed E-state index contributed by atoms with van der Waals surface area (Å²) in [5.41, 5.74) is 4.41. The van der Waals surface area contributed by atoms with Crippen LogP contribution in [0.1, 0.15) is 23.1 Å². The first-order chi connectivity index (χ1) is 12.7. The zero-order valence-corrected chi connectivity index (χ0v) is 14.6. The highest BCUT2D eigenvalue weighted by molar-refractivity contribution is 5.87. The Labute approximate surface area is 150 Å². The average molecular weight is 349 g/mol. The summed E-state index contributed by atoms with van der Waals surface area (Å²) in [6.07, 6.45) is 2.77. The minimum absolute atomic E-state index is 0.197. The molecule has 2 heterocycles. The Bertz CT molecular complexity index is 1070. The van der Waals surface area contributed by atoms with Crippen molar-refractivity contribution in [1.29, 1.82) is 0 Å². The molecule has 2 aromatic carbocycles. The molecule has 5 nitrogen and oxygen atoms in total. The molecular formula is C21H19NO4. The fourth-order valence-corrected chi connectivity index (χ4v) is 4.03. The van der Waals surface area contributed by atoms with Crippen LogP contribution in [-0.4, -0.2) is 13.8 Å². The van der Waals surface area contributed by atoms with Crippen LogP contribution in [0.5, 0.6) is 11.5 Å². The summed E-state index contributed by atoms with van der Waals surface area (Å²) in [6.45, 7) is 1.07. The summed E-state index contributed by atoms with van der Waals surface area (Å²) < 4.78 is 17.0. The summed E-state index contributed by atoms with van der Waals surface area (Å²) in [7, 11) is 1.66. The van der Waals surface area contributed by atoms with Crippen LogP contribution >= 0.6 is 0 Å². The van der Waals surface area contributed by atoms with Gasteiger partial charge in [-0.25, -0.2) is 4.79 Å². The number of aryl methyl sites for hydroxylation is 1. The fraction of sp³-hybridized carbons (Fsp3) is 0.286. The highest BCUT2D eigenvalue weighted by Crippen LogP contribution is 2.37. The van der Waals surface area contributed by atoms with E-state index in [1.54, 1.807) is 7.11 Å². The third-order valence-corrected chi connectivity index (χ3v) is 5.34. The van der Waals surface area contributed by atoms with E-state index in [4.69, 9.17) is 13.9 Å². The lowest BCUT2D eigenvalue weighted by Crippen LogP contribution is -2.32. The average Bonchev–Trinajstić information content (AvgIpc) is 3.18. The summed E-state index contributed by atoms with van der Waals surface area (Å²) >= 11 is 0. The lowest BCUT2D eigenvalue weighted by Gasteiger charge is -2.31. The molecule has 0 saturated carbocycles. The number of benzene rings is 2. The molecule has 0 N–H and O–H groups in total. The summed E-state index contributed by atoms with van der Waals surface area (Å²) in [4.78, 5) is 14.5. The van der Waals surface area contributed by atoms with Crippen molar-refractivity contribution in [2.45, 2.75) is 25.8 Å². The van der Waals surface area contributed by atoms with Gasteiger partial charge in [0.15, 0.2) is 6.73 Å². The molecule has 1 aliphatic carbocycles. The molecule has 0 atom stereocenters. The number of anilines is 1. The second-order valence-corrected chi connectivity index (χ2v) is 6.79. The molecule has 0 radical (unpaired) electrons. The van der Waals surface area contributed by atoms with Crippen molar-refractivity contribution in [3.05, 3.63) is 63.5 Å². The first-order valence-corrected chi connectivity index (χ1v) is 8.87. The van der Waals surface area contributed by atoms with Gasteiger partial charge >= 0.3 is 5.63 Å². The van der Waals surface area contributed by atoms with E-state index in [1.807, 2.05) is 36.4 Å². The lowest BCUT2D eigenvalue weighted by atomic mass is 10.0. The van der Waals surface area contributed by atoms with Crippen LogP contribution in [-0.2, 0) is 19.4 Å². The van der Waals surface area contributed by atoms with Gasteiger partial charge in [0.05, 0.1) is 19.2 Å². The highest BCUT2D eigenvalue weighted by Gasteiger charge is 2.26. The maximum atomic E-state index is 12.4. The summed E-state index contributed by atoms with van der Waals surface area (Å²) in [5.74, 6) is 1.59. The van der Waals surface area contributed by atoms with Crippen molar-refractivity contribution in [3.63, 3.8) is 0 Å². The standard InChI is InChI=1S/C21H19NO4/c1-24-14-5-2-4-13(10-14)22-11-18-19(25-12-22)9-8-16-15-6-3-7-17(15)21(23)26-20(16)18/h2,4-5,8-10H,3,6-7,11-12H2,1H3. The van der Waals surface area contributed by atoms with E-state index >= 15 is 0 Å². The summed E-state index contributed by atoms with van der Waals surface area (Å²) in [5, 5.41) is 1.05. The highest BCUT2D eigenvalue weighted by atomic mass is 16.5. The fourth-order valence-electron chi connectivity index (χ4n) is 4.03. The monoisotopic (exact) mass is 349 g/mol. The quantitative estimate of drug-likeness (QED) is 0.661. The van der Waals surface area contributed by atoms with Gasteiger partial charge < -0.3 is 18.8 Å². The first kappa shape index (κ1) is 15.3. The Morgan fingerprint density at radius 3 is 2.85 bits per heavy atom. The predicted molar refractivity (Wildman–Crippen MR) is 99.2 cm³/mol. The van der Waals surface area contributed by atoms with E-state index in [-0.39, 0.29) is 5.63 Å². The molecule has 2 aliphatic rings. The molecule has 0 saturated heterocycles. The van der Waals surface area contributed by atoms with Crippen molar-refractivity contribution in [3.8, 4) is 11.5 Å². The van der Waals surface area contributed by atoms with Crippen molar-refractivity contribution >= 4 is 16.7 Å². The minimum atomic E-state index is -0.197. The summed E-state index contributed by atoms with van der Waals surface area (Å²) in [6, 6.07) is 11.9. The molecule has 0 unspecified atom stereocenters. The first-order valence-electron chi connectivity index (χ1n) is 8.87. The topological polar surface area (TPSA) is 51.9 Å². The van der Waals surface area contributed by atoms with Crippen LogP contribution in [0.3, 0.4) is 0 Å². The Kier molecular flexibility index (Phi) is 3.42. The maximum absolute atomic E-state index is 12.4. The molecule has 26 heavy (non-hydrogen) atoms. The van der Waals surface area contributed by atoms with E-state index in [2.05, 4.69) is 4.90 Å². The third kappa shape index (κ3) is 2.27. The molecule has 1 aliphatic heterocycles. The van der Waals surface area contributed by atoms with Crippen LogP contribution in [0, 0.1) is 0 Å². The normalized spacial score (nSPS) is 15.5. The van der Waals surface area contributed by atoms with Crippen molar-refractivity contribution in [1.82, 2.24) is 0 Å². The number of hydrogen-bond donors (Lipinski definition) is 0. The van der Waals surface area contributed by atoms with Gasteiger partial charge in [0, 0.05) is 22.7 Å². The molecular weight excluding hydrogens is 330 g/mol. The molecule has 3 aromatic rings. The second kappa shape index (κ2) is 5.80. The van der Waals surface area contributed by atoms with Gasteiger partial charge in [0.2, 0.25) is 0 Å². The van der Waals surface area contributed by atoms with Gasteiger partial charge in [0.1, 0.15) is 17.1 Å². The van der Waals surface area contributed by atoms with E-state index in [0.29, 0.717) is 18.9 Å². The Balaban J connectivity index is 1.63. The third-order valence-electron chi connectivity index (χ3n) is 5.34. The van der Waals surface area contributed by atoms with Gasteiger partial charge in [-0.3, -0.25) is 0 Å². The van der Waals surface area contributed by atoms with Crippen LogP contribution in [0.25, 0.3) is 11.0 Å². The minimum Gasteiger partial charge on any atom is -0.497 e. The Hall–Kier alpha value is -2.95. The van der Waals surface area contributed by atoms with Gasteiger partial charge in [-0.1, -0.05) is 6.07 Å². The van der Waals surface area contributed by atoms with Crippen molar-refractivity contribution in [2.75, 3.05) is 18.7 Å². The molecule has 0 fully saturated rings. The SMILES string of the molecule is COc1cccc(N2COc3ccc4c5c(c(=O)oc4c3C2)CCC5)c1. The van der Waals surface area contributed by atoms with Crippen LogP contribution < -0.4 is 20.0 Å². The zero-order valence-electron chi connectivity index (χ0n) is 14.6. The van der Waals surface area contributed by atoms with Gasteiger partial charge in [-0.2, -0.15) is 0 Å². The molecule has 5 heteroatoms. The van der Waals surface area contributed by atoms with Gasteiger partial charge in [0.25, 0.3) is 0 Å². The largest absolute Gasteiger partial charge is 0.497 e. The number of methoxy groups -OCH3 is 1. The molecule has 0 amide bonds. The number of rotatable bonds is 2. The maximum Gasteiger partial charge on any atom is 0.339 e. The van der Waals surface area contributed by atoms with E-state index in [9.17, 15) is 4.79 Å². The number of hydrogen-bond acceptors (Lipinski definition) is 5. The smallest absolute Gasteiger partial charge is 0.339 e. The zero-order chi connectivity index (χ0) is 17.7. The number of ether oxygens (including phenoxy) is 2. The number of nitrogens with zero attached hydrogens (tertiary/aromatic N) is 1. The van der Waals surface area contributed by atoms with E-state index in [0.717, 1.165) is 58.5 Å². The van der Waals surface area contributed by atoms with Crippen LogP contribution in [0.4, 0.5) is 5.69 Å². The predicted octanol–water partition coefficient (Wildman–Crippen LogP) is 3.65. The van der Waals surface area contributed by atoms with E-state index < -0.39 is 0 Å². The molecule has 132 valence electrons. The van der Waals surface area contributed by atoms with Crippen molar-refractivity contribution < 1.29 is 13.9 Å². The Morgan fingerprint density at radius 2 is 1.96 bits per heavy atom. The number of fused-ring (bicyclic) bond motifs is 5. The van der Waals surface area contributed by atoms with Crippen LogP contribution in [0.15, 0.2) is 45.6 Å². The second-order valence-electron chi connectivity index (χ2n) is 6.79. The Morgan fingerprint density at radius 1 is 1.08 bits per heavy atom. The molecule has 0 bridgehead atoms.